The molecule has 2 aliphatic rings. The first-order valence-electron chi connectivity index (χ1n) is 7.37. The second-order valence-corrected chi connectivity index (χ2v) is 7.18. The Hall–Kier alpha value is -1.36. The van der Waals surface area contributed by atoms with E-state index in [0.717, 1.165) is 0 Å². The summed E-state index contributed by atoms with van der Waals surface area (Å²) in [7, 11) is 0. The summed E-state index contributed by atoms with van der Waals surface area (Å²) < 4.78 is 10.8. The van der Waals surface area contributed by atoms with Gasteiger partial charge in [0, 0.05) is 11.5 Å². The lowest BCUT2D eigenvalue weighted by Gasteiger charge is -2.33. The van der Waals surface area contributed by atoms with E-state index in [1.54, 1.807) is 6.92 Å². The zero-order valence-corrected chi connectivity index (χ0v) is 13.1. The van der Waals surface area contributed by atoms with Crippen LogP contribution in [0.15, 0.2) is 12.2 Å². The molecule has 1 N–H and O–H groups in total. The molecule has 0 saturated heterocycles. The highest BCUT2D eigenvalue weighted by molar-refractivity contribution is 5.87. The van der Waals surface area contributed by atoms with Crippen molar-refractivity contribution in [1.29, 1.82) is 0 Å². The molecule has 0 radical (unpaired) electrons. The fourth-order valence-corrected chi connectivity index (χ4v) is 3.30. The first kappa shape index (κ1) is 16.0. The lowest BCUT2D eigenvalue weighted by Crippen LogP contribution is -2.43. The van der Waals surface area contributed by atoms with E-state index in [0.29, 0.717) is 18.4 Å². The van der Waals surface area contributed by atoms with Gasteiger partial charge in [-0.2, -0.15) is 0 Å². The number of rotatable bonds is 3. The molecule has 2 bridgehead atoms. The molecule has 2 aliphatic carbocycles. The third kappa shape index (κ3) is 3.28. The topological polar surface area (TPSA) is 72.8 Å². The van der Waals surface area contributed by atoms with E-state index in [9.17, 15) is 14.7 Å². The first-order chi connectivity index (χ1) is 9.60. The number of esters is 2. The largest absolute Gasteiger partial charge is 0.460 e. The zero-order valence-electron chi connectivity index (χ0n) is 13.1. The Morgan fingerprint density at radius 2 is 1.86 bits per heavy atom. The van der Waals surface area contributed by atoms with Crippen LogP contribution in [0.4, 0.5) is 0 Å². The number of hydrogen-bond acceptors (Lipinski definition) is 5. The molecule has 0 amide bonds. The summed E-state index contributed by atoms with van der Waals surface area (Å²) in [5, 5.41) is 10.2. The van der Waals surface area contributed by atoms with Crippen molar-refractivity contribution in [2.45, 2.75) is 58.3 Å². The smallest absolute Gasteiger partial charge is 0.333 e. The van der Waals surface area contributed by atoms with E-state index in [4.69, 9.17) is 9.47 Å². The summed E-state index contributed by atoms with van der Waals surface area (Å²) in [4.78, 5) is 23.9. The second kappa shape index (κ2) is 5.44. The summed E-state index contributed by atoms with van der Waals surface area (Å²) in [6, 6.07) is 0. The Labute approximate surface area is 125 Å². The van der Waals surface area contributed by atoms with Gasteiger partial charge >= 0.3 is 11.9 Å². The Morgan fingerprint density at radius 3 is 2.33 bits per heavy atom. The van der Waals surface area contributed by atoms with Crippen LogP contribution < -0.4 is 0 Å². The second-order valence-electron chi connectivity index (χ2n) is 7.18. The quantitative estimate of drug-likeness (QED) is 0.635. The van der Waals surface area contributed by atoms with Crippen molar-refractivity contribution in [1.82, 2.24) is 0 Å². The number of fused-ring (bicyclic) bond motifs is 2. The number of hydrogen-bond donors (Lipinski definition) is 1. The van der Waals surface area contributed by atoms with Crippen LogP contribution >= 0.6 is 0 Å². The van der Waals surface area contributed by atoms with Gasteiger partial charge < -0.3 is 14.6 Å². The van der Waals surface area contributed by atoms with Gasteiger partial charge in [-0.3, -0.25) is 4.79 Å². The highest BCUT2D eigenvalue weighted by atomic mass is 16.6. The maximum absolute atomic E-state index is 12.3. The van der Waals surface area contributed by atoms with Gasteiger partial charge in [-0.1, -0.05) is 6.58 Å². The molecule has 0 heterocycles. The van der Waals surface area contributed by atoms with Gasteiger partial charge in [0.25, 0.3) is 0 Å². The molecule has 0 aromatic rings. The third-order valence-electron chi connectivity index (χ3n) is 4.19. The van der Waals surface area contributed by atoms with Crippen LogP contribution in [0.25, 0.3) is 0 Å². The molecule has 5 unspecified atom stereocenters. The Morgan fingerprint density at radius 1 is 1.24 bits per heavy atom. The zero-order chi connectivity index (χ0) is 15.9. The monoisotopic (exact) mass is 296 g/mol. The van der Waals surface area contributed by atoms with E-state index < -0.39 is 23.8 Å². The van der Waals surface area contributed by atoms with E-state index in [1.165, 1.54) is 0 Å². The number of aliphatic hydroxyl groups excluding tert-OH is 1. The average molecular weight is 296 g/mol. The molecular formula is C16H24O5. The summed E-state index contributed by atoms with van der Waals surface area (Å²) in [5.74, 6) is -1.26. The molecule has 5 atom stereocenters. The first-order valence-corrected chi connectivity index (χ1v) is 7.37. The summed E-state index contributed by atoms with van der Waals surface area (Å²) in [6.45, 7) is 10.6. The van der Waals surface area contributed by atoms with Crippen LogP contribution in [0.3, 0.4) is 0 Å². The van der Waals surface area contributed by atoms with E-state index in [1.807, 2.05) is 20.8 Å². The van der Waals surface area contributed by atoms with Crippen LogP contribution in [0.2, 0.25) is 0 Å². The molecule has 5 heteroatoms. The molecule has 21 heavy (non-hydrogen) atoms. The van der Waals surface area contributed by atoms with Gasteiger partial charge in [0.05, 0.1) is 12.0 Å². The van der Waals surface area contributed by atoms with Crippen molar-refractivity contribution in [3.8, 4) is 0 Å². The van der Waals surface area contributed by atoms with Crippen molar-refractivity contribution in [2.24, 2.45) is 17.8 Å². The van der Waals surface area contributed by atoms with Crippen LogP contribution in [-0.4, -0.2) is 34.9 Å². The summed E-state index contributed by atoms with van der Waals surface area (Å²) in [5.41, 5.74) is -0.250. The Kier molecular flexibility index (Phi) is 4.15. The van der Waals surface area contributed by atoms with Crippen molar-refractivity contribution in [3.63, 3.8) is 0 Å². The lowest BCUT2D eigenvalue weighted by molar-refractivity contribution is -0.171. The summed E-state index contributed by atoms with van der Waals surface area (Å²) >= 11 is 0. The molecule has 118 valence electrons. The van der Waals surface area contributed by atoms with E-state index in [-0.39, 0.29) is 23.7 Å². The fourth-order valence-electron chi connectivity index (χ4n) is 3.30. The maximum Gasteiger partial charge on any atom is 0.333 e. The number of carbonyl (C=O) groups is 2. The minimum Gasteiger partial charge on any atom is -0.460 e. The number of carbonyl (C=O) groups excluding carboxylic acids is 2. The Bertz CT molecular complexity index is 462. The Balaban J connectivity index is 2.07. The van der Waals surface area contributed by atoms with E-state index in [2.05, 4.69) is 6.58 Å². The SMILES string of the molecule is C=C(C)C(=O)OC1C(O)C2CC(C(=O)OC(C)(C)C)C1C2. The normalized spacial score (nSPS) is 34.6. The van der Waals surface area contributed by atoms with Crippen molar-refractivity contribution in [3.05, 3.63) is 12.2 Å². The molecule has 0 aliphatic heterocycles. The molecule has 2 fully saturated rings. The van der Waals surface area contributed by atoms with Crippen LogP contribution in [0.1, 0.15) is 40.5 Å². The van der Waals surface area contributed by atoms with Crippen molar-refractivity contribution in [2.75, 3.05) is 0 Å². The predicted molar refractivity (Wildman–Crippen MR) is 76.2 cm³/mol. The maximum atomic E-state index is 12.3. The molecule has 2 rings (SSSR count). The molecule has 0 aromatic heterocycles. The van der Waals surface area contributed by atoms with Crippen LogP contribution in [0, 0.1) is 17.8 Å². The minimum absolute atomic E-state index is 0.00422. The standard InChI is InChI=1S/C16H24O5/c1-8(2)14(18)20-13-10-6-9(12(13)17)7-11(10)15(19)21-16(3,4)5/h9-13,17H,1,6-7H2,2-5H3. The van der Waals surface area contributed by atoms with Crippen LogP contribution in [-0.2, 0) is 19.1 Å². The molecule has 5 nitrogen and oxygen atoms in total. The van der Waals surface area contributed by atoms with Crippen LogP contribution in [0.5, 0.6) is 0 Å². The predicted octanol–water partition coefficient (Wildman–Crippen LogP) is 1.83. The number of ether oxygens (including phenoxy) is 2. The van der Waals surface area contributed by atoms with E-state index >= 15 is 0 Å². The number of aliphatic hydroxyl groups is 1. The average Bonchev–Trinajstić information content (AvgIpc) is 2.87. The fraction of sp³-hybridized carbons (Fsp3) is 0.750. The van der Waals surface area contributed by atoms with Crippen molar-refractivity contribution < 1.29 is 24.2 Å². The molecule has 0 spiro atoms. The molecule has 0 aromatic carbocycles. The summed E-state index contributed by atoms with van der Waals surface area (Å²) in [6.07, 6.45) is -0.0383. The van der Waals surface area contributed by atoms with Gasteiger partial charge in [-0.25, -0.2) is 4.79 Å². The minimum atomic E-state index is -0.697. The highest BCUT2D eigenvalue weighted by Gasteiger charge is 2.57. The van der Waals surface area contributed by atoms with Gasteiger partial charge in [0.15, 0.2) is 0 Å². The lowest BCUT2D eigenvalue weighted by atomic mass is 9.85. The van der Waals surface area contributed by atoms with Gasteiger partial charge in [-0.15, -0.1) is 0 Å². The molecule has 2 saturated carbocycles. The van der Waals surface area contributed by atoms with Gasteiger partial charge in [0.1, 0.15) is 11.7 Å². The van der Waals surface area contributed by atoms with Crippen molar-refractivity contribution >= 4 is 11.9 Å². The molecular weight excluding hydrogens is 272 g/mol. The highest BCUT2D eigenvalue weighted by Crippen LogP contribution is 2.50. The third-order valence-corrected chi connectivity index (χ3v) is 4.19. The van der Waals surface area contributed by atoms with Gasteiger partial charge in [-0.05, 0) is 46.5 Å². The van der Waals surface area contributed by atoms with Gasteiger partial charge in [0.2, 0.25) is 0 Å².